The van der Waals surface area contributed by atoms with E-state index in [0.717, 1.165) is 16.8 Å². The van der Waals surface area contributed by atoms with Crippen LogP contribution < -0.4 is 5.11 Å². The Morgan fingerprint density at radius 2 is 2.06 bits per heavy atom. The van der Waals surface area contributed by atoms with E-state index in [1.165, 1.54) is 11.3 Å². The third-order valence-electron chi connectivity index (χ3n) is 2.04. The van der Waals surface area contributed by atoms with Crippen molar-refractivity contribution in [2.75, 3.05) is 0 Å². The van der Waals surface area contributed by atoms with Crippen molar-refractivity contribution in [1.82, 2.24) is 10.2 Å². The minimum Gasteiger partial charge on any atom is -0.549 e. The molecule has 0 aliphatic rings. The molecule has 2 rings (SSSR count). The third kappa shape index (κ3) is 3.04. The highest BCUT2D eigenvalue weighted by Gasteiger charge is 2.16. The summed E-state index contributed by atoms with van der Waals surface area (Å²) in [6.07, 6.45) is 0. The van der Waals surface area contributed by atoms with Gasteiger partial charge < -0.3 is 9.90 Å². The van der Waals surface area contributed by atoms with Gasteiger partial charge in [0.2, 0.25) is 0 Å². The second-order valence-corrected chi connectivity index (χ2v) is 5.85. The first-order valence-corrected chi connectivity index (χ1v) is 6.59. The lowest BCUT2D eigenvalue weighted by atomic mass is 10.1. The first kappa shape index (κ1) is 12.1. The fourth-order valence-corrected chi connectivity index (χ4v) is 3.24. The number of aliphatic carboxylic acids is 1. The summed E-state index contributed by atoms with van der Waals surface area (Å²) in [5.74, 6) is -1.12. The van der Waals surface area contributed by atoms with E-state index in [0.29, 0.717) is 9.90 Å². The molecule has 0 radical (unpaired) electrons. The number of aryl methyl sites for hydroxylation is 1. The molecule has 0 saturated heterocycles. The van der Waals surface area contributed by atoms with Gasteiger partial charge in [-0.15, -0.1) is 10.2 Å². The summed E-state index contributed by atoms with van der Waals surface area (Å²) in [6.45, 7) is 1.83. The minimum absolute atomic E-state index is 0.639. The Balaban J connectivity index is 2.22. The number of hydrogen-bond donors (Lipinski definition) is 0. The van der Waals surface area contributed by atoms with E-state index in [9.17, 15) is 9.90 Å². The number of aromatic nitrogens is 2. The van der Waals surface area contributed by atoms with Gasteiger partial charge in [-0.05, 0) is 12.5 Å². The van der Waals surface area contributed by atoms with Crippen LogP contribution >= 0.6 is 23.1 Å². The molecule has 0 unspecified atom stereocenters. The lowest BCUT2D eigenvalue weighted by molar-refractivity contribution is -0.305. The van der Waals surface area contributed by atoms with Crippen molar-refractivity contribution in [2.24, 2.45) is 0 Å². The first-order valence-electron chi connectivity index (χ1n) is 4.89. The SMILES string of the molecule is Cc1nnc(S[C@@H](C(=O)[O-])c2ccccc2)s1. The van der Waals surface area contributed by atoms with E-state index in [4.69, 9.17) is 0 Å². The van der Waals surface area contributed by atoms with Crippen LogP contribution in [0.15, 0.2) is 34.7 Å². The van der Waals surface area contributed by atoms with Gasteiger partial charge in [0.15, 0.2) is 4.34 Å². The summed E-state index contributed by atoms with van der Waals surface area (Å²) in [6, 6.07) is 8.98. The molecule has 17 heavy (non-hydrogen) atoms. The van der Waals surface area contributed by atoms with Crippen LogP contribution in [-0.2, 0) is 4.79 Å². The summed E-state index contributed by atoms with van der Waals surface area (Å²) in [5, 5.41) is 19.0. The molecular formula is C11H9N2O2S2-. The van der Waals surface area contributed by atoms with Crippen LogP contribution in [0.25, 0.3) is 0 Å². The zero-order valence-corrected chi connectivity index (χ0v) is 10.6. The van der Waals surface area contributed by atoms with Gasteiger partial charge in [-0.2, -0.15) is 0 Å². The number of rotatable bonds is 4. The number of carboxylic acid groups (broad SMARTS) is 1. The van der Waals surface area contributed by atoms with E-state index < -0.39 is 11.2 Å². The molecule has 1 aromatic heterocycles. The highest BCUT2D eigenvalue weighted by molar-refractivity contribution is 8.01. The predicted molar refractivity (Wildman–Crippen MR) is 64.7 cm³/mol. The highest BCUT2D eigenvalue weighted by atomic mass is 32.2. The Morgan fingerprint density at radius 1 is 1.35 bits per heavy atom. The van der Waals surface area contributed by atoms with Crippen molar-refractivity contribution < 1.29 is 9.90 Å². The summed E-state index contributed by atoms with van der Waals surface area (Å²) in [5.41, 5.74) is 0.699. The lowest BCUT2D eigenvalue weighted by Crippen LogP contribution is -2.27. The van der Waals surface area contributed by atoms with Crippen molar-refractivity contribution in [2.45, 2.75) is 16.5 Å². The van der Waals surface area contributed by atoms with Crippen molar-refractivity contribution in [3.05, 3.63) is 40.9 Å². The molecule has 0 fully saturated rings. The van der Waals surface area contributed by atoms with Crippen molar-refractivity contribution in [1.29, 1.82) is 0 Å². The molecule has 1 heterocycles. The molecule has 88 valence electrons. The maximum Gasteiger partial charge on any atom is 0.175 e. The summed E-state index contributed by atoms with van der Waals surface area (Å²) < 4.78 is 0.639. The normalized spacial score (nSPS) is 12.3. The van der Waals surface area contributed by atoms with Gasteiger partial charge in [0.05, 0.1) is 11.2 Å². The van der Waals surface area contributed by atoms with E-state index in [1.807, 2.05) is 13.0 Å². The molecule has 0 N–H and O–H groups in total. The molecule has 1 atom stereocenters. The van der Waals surface area contributed by atoms with E-state index in [-0.39, 0.29) is 0 Å². The monoisotopic (exact) mass is 265 g/mol. The van der Waals surface area contributed by atoms with Gasteiger partial charge in [-0.1, -0.05) is 53.4 Å². The fraction of sp³-hybridized carbons (Fsp3) is 0.182. The molecule has 0 amide bonds. The van der Waals surface area contributed by atoms with Crippen LogP contribution in [-0.4, -0.2) is 16.2 Å². The van der Waals surface area contributed by atoms with Crippen molar-refractivity contribution in [3.63, 3.8) is 0 Å². The average molecular weight is 265 g/mol. The molecule has 0 saturated carbocycles. The Kier molecular flexibility index (Phi) is 3.75. The quantitative estimate of drug-likeness (QED) is 0.782. The number of carbonyl (C=O) groups excluding carboxylic acids is 1. The second kappa shape index (κ2) is 5.29. The minimum atomic E-state index is -1.12. The molecule has 0 spiro atoms. The van der Waals surface area contributed by atoms with Crippen molar-refractivity contribution in [3.8, 4) is 0 Å². The van der Waals surface area contributed by atoms with Gasteiger partial charge in [0, 0.05) is 0 Å². The summed E-state index contributed by atoms with van der Waals surface area (Å²) in [7, 11) is 0. The van der Waals surface area contributed by atoms with E-state index >= 15 is 0 Å². The number of hydrogen-bond acceptors (Lipinski definition) is 6. The Morgan fingerprint density at radius 3 is 2.59 bits per heavy atom. The zero-order chi connectivity index (χ0) is 12.3. The maximum atomic E-state index is 11.1. The number of benzene rings is 1. The largest absolute Gasteiger partial charge is 0.549 e. The van der Waals surface area contributed by atoms with Crippen LogP contribution in [0.2, 0.25) is 0 Å². The zero-order valence-electron chi connectivity index (χ0n) is 8.99. The molecule has 0 aliphatic heterocycles. The molecule has 2 aromatic rings. The molecule has 1 aromatic carbocycles. The molecule has 6 heteroatoms. The molecular weight excluding hydrogens is 256 g/mol. The molecule has 0 bridgehead atoms. The number of carboxylic acids is 1. The summed E-state index contributed by atoms with van der Waals surface area (Å²) in [4.78, 5) is 11.1. The number of thioether (sulfide) groups is 1. The fourth-order valence-electron chi connectivity index (χ4n) is 1.31. The van der Waals surface area contributed by atoms with Crippen LogP contribution in [0.3, 0.4) is 0 Å². The third-order valence-corrected chi connectivity index (χ3v) is 4.20. The van der Waals surface area contributed by atoms with E-state index in [2.05, 4.69) is 10.2 Å². The van der Waals surface area contributed by atoms with Gasteiger partial charge >= 0.3 is 0 Å². The molecule has 0 aliphatic carbocycles. The highest BCUT2D eigenvalue weighted by Crippen LogP contribution is 2.36. The Bertz CT molecular complexity index is 513. The van der Waals surface area contributed by atoms with Gasteiger partial charge in [-0.25, -0.2) is 0 Å². The summed E-state index contributed by atoms with van der Waals surface area (Å²) >= 11 is 2.53. The van der Waals surface area contributed by atoms with Gasteiger partial charge in [-0.3, -0.25) is 0 Å². The van der Waals surface area contributed by atoms with Gasteiger partial charge in [0.1, 0.15) is 5.01 Å². The Labute approximate surface area is 107 Å². The van der Waals surface area contributed by atoms with Gasteiger partial charge in [0.25, 0.3) is 0 Å². The van der Waals surface area contributed by atoms with Crippen molar-refractivity contribution >= 4 is 29.1 Å². The average Bonchev–Trinajstić information content (AvgIpc) is 2.73. The molecule has 4 nitrogen and oxygen atoms in total. The van der Waals surface area contributed by atoms with Crippen LogP contribution in [0.4, 0.5) is 0 Å². The van der Waals surface area contributed by atoms with E-state index in [1.54, 1.807) is 24.3 Å². The number of carbonyl (C=O) groups is 1. The Hall–Kier alpha value is -1.40. The lowest BCUT2D eigenvalue weighted by Gasteiger charge is -2.15. The van der Waals surface area contributed by atoms with Crippen LogP contribution in [0.1, 0.15) is 15.8 Å². The second-order valence-electron chi connectivity index (χ2n) is 3.31. The van der Waals surface area contributed by atoms with Crippen LogP contribution in [0, 0.1) is 6.92 Å². The topological polar surface area (TPSA) is 65.9 Å². The smallest absolute Gasteiger partial charge is 0.175 e. The number of nitrogens with zero attached hydrogens (tertiary/aromatic N) is 2. The van der Waals surface area contributed by atoms with Crippen LogP contribution in [0.5, 0.6) is 0 Å². The maximum absolute atomic E-state index is 11.1. The first-order chi connectivity index (χ1) is 8.16. The predicted octanol–water partition coefficient (Wildman–Crippen LogP) is 1.43. The standard InChI is InChI=1S/C11H10N2O2S2/c1-7-12-13-11(16-7)17-9(10(14)15)8-5-3-2-4-6-8/h2-6,9H,1H3,(H,14,15)/p-1/t9-/m1/s1.